The van der Waals surface area contributed by atoms with Gasteiger partial charge in [-0.2, -0.15) is 0 Å². The van der Waals surface area contributed by atoms with Gasteiger partial charge in [0.15, 0.2) is 0 Å². The van der Waals surface area contributed by atoms with E-state index in [1.54, 1.807) is 25.2 Å². The third-order valence-electron chi connectivity index (χ3n) is 2.42. The van der Waals surface area contributed by atoms with Crippen LogP contribution < -0.4 is 16.4 Å². The molecule has 98 valence electrons. The fourth-order valence-corrected chi connectivity index (χ4v) is 1.40. The van der Waals surface area contributed by atoms with Crippen LogP contribution in [0.2, 0.25) is 0 Å². The predicted molar refractivity (Wildman–Crippen MR) is 69.4 cm³/mol. The average Bonchev–Trinajstić information content (AvgIpc) is 2.39. The molecule has 1 aromatic carbocycles. The number of nitrogens with one attached hydrogen (secondary N) is 2. The second-order valence-corrected chi connectivity index (χ2v) is 3.64. The highest BCUT2D eigenvalue weighted by Crippen LogP contribution is 2.18. The van der Waals surface area contributed by atoms with Gasteiger partial charge in [-0.3, -0.25) is 4.79 Å². The number of nitrogen functional groups attached to an aromatic ring is 1. The molecule has 6 nitrogen and oxygen atoms in total. The molecule has 0 atom stereocenters. The van der Waals surface area contributed by atoms with E-state index >= 15 is 0 Å². The van der Waals surface area contributed by atoms with Gasteiger partial charge in [0.1, 0.15) is 0 Å². The van der Waals surface area contributed by atoms with Gasteiger partial charge in [0, 0.05) is 31.4 Å². The van der Waals surface area contributed by atoms with Crippen molar-refractivity contribution < 1.29 is 14.3 Å². The van der Waals surface area contributed by atoms with Crippen molar-refractivity contribution in [2.75, 3.05) is 31.8 Å². The van der Waals surface area contributed by atoms with Crippen molar-refractivity contribution in [2.24, 2.45) is 0 Å². The molecule has 0 spiro atoms. The van der Waals surface area contributed by atoms with Crippen molar-refractivity contribution in [3.63, 3.8) is 0 Å². The highest BCUT2D eigenvalue weighted by Gasteiger charge is 2.10. The van der Waals surface area contributed by atoms with E-state index in [0.717, 1.165) is 0 Å². The first-order chi connectivity index (χ1) is 8.58. The Labute approximate surface area is 105 Å². The van der Waals surface area contributed by atoms with Crippen molar-refractivity contribution in [1.82, 2.24) is 5.32 Å². The summed E-state index contributed by atoms with van der Waals surface area (Å²) >= 11 is 0. The zero-order chi connectivity index (χ0) is 13.5. The van der Waals surface area contributed by atoms with Gasteiger partial charge >= 0.3 is 5.97 Å². The lowest BCUT2D eigenvalue weighted by Gasteiger charge is -2.09. The molecule has 1 amide bonds. The molecule has 0 aliphatic heterocycles. The molecule has 0 bridgehead atoms. The highest BCUT2D eigenvalue weighted by molar-refractivity contribution is 5.96. The van der Waals surface area contributed by atoms with Gasteiger partial charge in [-0.1, -0.05) is 0 Å². The molecular formula is C12H17N3O3. The summed E-state index contributed by atoms with van der Waals surface area (Å²) in [7, 11) is 2.88. The smallest absolute Gasteiger partial charge is 0.340 e. The summed E-state index contributed by atoms with van der Waals surface area (Å²) < 4.78 is 4.62. The van der Waals surface area contributed by atoms with Gasteiger partial charge in [0.05, 0.1) is 12.7 Å². The van der Waals surface area contributed by atoms with Crippen LogP contribution in [0.25, 0.3) is 0 Å². The normalized spacial score (nSPS) is 9.67. The number of ether oxygens (including phenoxy) is 1. The van der Waals surface area contributed by atoms with Crippen LogP contribution in [0.1, 0.15) is 16.8 Å². The molecule has 0 unspecified atom stereocenters. The summed E-state index contributed by atoms with van der Waals surface area (Å²) in [5, 5.41) is 5.56. The largest absolute Gasteiger partial charge is 0.465 e. The Morgan fingerprint density at radius 1 is 1.39 bits per heavy atom. The number of carbonyl (C=O) groups is 2. The van der Waals surface area contributed by atoms with Crippen molar-refractivity contribution >= 4 is 23.3 Å². The fraction of sp³-hybridized carbons (Fsp3) is 0.333. The first kappa shape index (κ1) is 13.8. The van der Waals surface area contributed by atoms with E-state index in [1.165, 1.54) is 7.11 Å². The molecule has 18 heavy (non-hydrogen) atoms. The van der Waals surface area contributed by atoms with Crippen molar-refractivity contribution in [3.8, 4) is 0 Å². The second-order valence-electron chi connectivity index (χ2n) is 3.64. The quantitative estimate of drug-likeness (QED) is 0.526. The Kier molecular flexibility index (Phi) is 4.98. The van der Waals surface area contributed by atoms with Gasteiger partial charge in [-0.15, -0.1) is 0 Å². The molecule has 0 aliphatic rings. The first-order valence-corrected chi connectivity index (χ1v) is 5.50. The molecule has 0 saturated heterocycles. The number of esters is 1. The highest BCUT2D eigenvalue weighted by atomic mass is 16.5. The van der Waals surface area contributed by atoms with E-state index in [9.17, 15) is 9.59 Å². The molecule has 0 radical (unpaired) electrons. The van der Waals surface area contributed by atoms with Crippen LogP contribution in [0.3, 0.4) is 0 Å². The number of amides is 1. The van der Waals surface area contributed by atoms with E-state index in [1.807, 2.05) is 0 Å². The Morgan fingerprint density at radius 3 is 2.72 bits per heavy atom. The Balaban J connectivity index is 2.67. The molecule has 4 N–H and O–H groups in total. The lowest BCUT2D eigenvalue weighted by molar-refractivity contribution is -0.120. The minimum Gasteiger partial charge on any atom is -0.465 e. The number of hydrogen-bond acceptors (Lipinski definition) is 5. The Bertz CT molecular complexity index is 446. The third kappa shape index (κ3) is 3.65. The maximum absolute atomic E-state index is 11.4. The first-order valence-electron chi connectivity index (χ1n) is 5.50. The maximum Gasteiger partial charge on any atom is 0.340 e. The van der Waals surface area contributed by atoms with Crippen LogP contribution >= 0.6 is 0 Å². The van der Waals surface area contributed by atoms with E-state index in [0.29, 0.717) is 29.9 Å². The summed E-state index contributed by atoms with van der Waals surface area (Å²) in [6.45, 7) is 0.476. The molecule has 0 aromatic heterocycles. The van der Waals surface area contributed by atoms with Crippen molar-refractivity contribution in [1.29, 1.82) is 0 Å². The molecule has 1 rings (SSSR count). The Hall–Kier alpha value is -2.24. The van der Waals surface area contributed by atoms with Crippen LogP contribution in [0.15, 0.2) is 18.2 Å². The zero-order valence-electron chi connectivity index (χ0n) is 10.4. The predicted octanol–water partition coefficient (Wildman–Crippen LogP) is 0.603. The van der Waals surface area contributed by atoms with E-state index in [2.05, 4.69) is 15.4 Å². The van der Waals surface area contributed by atoms with Gasteiger partial charge in [-0.05, 0) is 18.2 Å². The maximum atomic E-state index is 11.4. The van der Waals surface area contributed by atoms with Crippen molar-refractivity contribution in [2.45, 2.75) is 6.42 Å². The third-order valence-corrected chi connectivity index (χ3v) is 2.42. The number of rotatable bonds is 5. The molecule has 0 heterocycles. The van der Waals surface area contributed by atoms with Crippen LogP contribution in [0.5, 0.6) is 0 Å². The summed E-state index contributed by atoms with van der Waals surface area (Å²) in [5.41, 5.74) is 7.06. The van der Waals surface area contributed by atoms with Gasteiger partial charge in [-0.25, -0.2) is 4.79 Å². The van der Waals surface area contributed by atoms with E-state index in [4.69, 9.17) is 5.73 Å². The van der Waals surface area contributed by atoms with Crippen LogP contribution in [0.4, 0.5) is 11.4 Å². The van der Waals surface area contributed by atoms with E-state index < -0.39 is 5.97 Å². The van der Waals surface area contributed by atoms with Crippen molar-refractivity contribution in [3.05, 3.63) is 23.8 Å². The minimum atomic E-state index is -0.484. The van der Waals surface area contributed by atoms with Crippen LogP contribution in [-0.4, -0.2) is 32.6 Å². The average molecular weight is 251 g/mol. The zero-order valence-corrected chi connectivity index (χ0v) is 10.4. The molecule has 0 aliphatic carbocycles. The number of nitrogens with two attached hydrogens (primary N) is 1. The SMILES string of the molecule is CNC(=O)CCNc1ccc(N)c(C(=O)OC)c1. The van der Waals surface area contributed by atoms with Gasteiger partial charge < -0.3 is 21.1 Å². The Morgan fingerprint density at radius 2 is 2.11 bits per heavy atom. The summed E-state index contributed by atoms with van der Waals surface area (Å²) in [6, 6.07) is 4.96. The monoisotopic (exact) mass is 251 g/mol. The van der Waals surface area contributed by atoms with Gasteiger partial charge in [0.2, 0.25) is 5.91 Å². The molecule has 0 saturated carbocycles. The van der Waals surface area contributed by atoms with Crippen LogP contribution in [-0.2, 0) is 9.53 Å². The molecule has 6 heteroatoms. The lowest BCUT2D eigenvalue weighted by Crippen LogP contribution is -2.20. The number of anilines is 2. The van der Waals surface area contributed by atoms with Crippen LogP contribution in [0, 0.1) is 0 Å². The number of methoxy groups -OCH3 is 1. The summed E-state index contributed by atoms with van der Waals surface area (Å²) in [4.78, 5) is 22.5. The fourth-order valence-electron chi connectivity index (χ4n) is 1.40. The summed E-state index contributed by atoms with van der Waals surface area (Å²) in [6.07, 6.45) is 0.356. The standard InChI is InChI=1S/C12H17N3O3/c1-14-11(16)5-6-15-8-3-4-10(13)9(7-8)12(17)18-2/h3-4,7,15H,5-6,13H2,1-2H3,(H,14,16). The lowest BCUT2D eigenvalue weighted by atomic mass is 10.1. The van der Waals surface area contributed by atoms with E-state index in [-0.39, 0.29) is 5.91 Å². The number of benzene rings is 1. The topological polar surface area (TPSA) is 93.5 Å². The number of hydrogen-bond donors (Lipinski definition) is 3. The molecule has 1 aromatic rings. The molecular weight excluding hydrogens is 234 g/mol. The summed E-state index contributed by atoms with van der Waals surface area (Å²) in [5.74, 6) is -0.534. The number of carbonyl (C=O) groups excluding carboxylic acids is 2. The molecule has 0 fully saturated rings. The second kappa shape index (κ2) is 6.48. The minimum absolute atomic E-state index is 0.0499. The van der Waals surface area contributed by atoms with Gasteiger partial charge in [0.25, 0.3) is 0 Å².